The van der Waals surface area contributed by atoms with Gasteiger partial charge in [0.25, 0.3) is 5.91 Å². The number of rotatable bonds is 10. The van der Waals surface area contributed by atoms with Gasteiger partial charge in [0.1, 0.15) is 0 Å². The number of aryl methyl sites for hydroxylation is 1. The number of hydrogen-bond donors (Lipinski definition) is 0. The number of carbonyl (C=O) groups is 1. The van der Waals surface area contributed by atoms with Crippen molar-refractivity contribution >= 4 is 44.2 Å². The fourth-order valence-electron chi connectivity index (χ4n) is 4.11. The van der Waals surface area contributed by atoms with Crippen LogP contribution in [0.2, 0.25) is 5.02 Å². The van der Waals surface area contributed by atoms with E-state index in [1.54, 1.807) is 23.1 Å². The molecule has 35 heavy (non-hydrogen) atoms. The number of thiazole rings is 1. The molecular weight excluding hydrogens is 486 g/mol. The summed E-state index contributed by atoms with van der Waals surface area (Å²) in [6.45, 7) is 11.6. The lowest BCUT2D eigenvalue weighted by Gasteiger charge is -2.27. The SMILES string of the molecule is CCOc1ccc(C(=O)N(CCCN2CCOCC2)c2nc3c(C)ccc(Cl)c3s2)cc1OCC. The molecule has 4 rings (SSSR count). The Balaban J connectivity index is 1.64. The third-order valence-electron chi connectivity index (χ3n) is 5.91. The molecule has 2 heterocycles. The highest BCUT2D eigenvalue weighted by molar-refractivity contribution is 7.23. The van der Waals surface area contributed by atoms with Gasteiger partial charge in [-0.25, -0.2) is 4.98 Å². The molecule has 0 saturated carbocycles. The van der Waals surface area contributed by atoms with Crippen LogP contribution in [0.1, 0.15) is 36.2 Å². The second kappa shape index (κ2) is 12.0. The van der Waals surface area contributed by atoms with E-state index in [1.807, 2.05) is 32.9 Å². The Morgan fingerprint density at radius 2 is 1.89 bits per heavy atom. The highest BCUT2D eigenvalue weighted by Crippen LogP contribution is 2.37. The van der Waals surface area contributed by atoms with Crippen LogP contribution < -0.4 is 14.4 Å². The maximum Gasteiger partial charge on any atom is 0.260 e. The highest BCUT2D eigenvalue weighted by Gasteiger charge is 2.24. The first-order valence-electron chi connectivity index (χ1n) is 12.1. The van der Waals surface area contributed by atoms with Crippen molar-refractivity contribution in [1.29, 1.82) is 0 Å². The Labute approximate surface area is 215 Å². The summed E-state index contributed by atoms with van der Waals surface area (Å²) in [5.74, 6) is 1.08. The van der Waals surface area contributed by atoms with Crippen molar-refractivity contribution in [1.82, 2.24) is 9.88 Å². The average molecular weight is 518 g/mol. The van der Waals surface area contributed by atoms with E-state index in [4.69, 9.17) is 30.8 Å². The molecule has 2 aromatic carbocycles. The van der Waals surface area contributed by atoms with Crippen LogP contribution in [0, 0.1) is 6.92 Å². The van der Waals surface area contributed by atoms with Crippen LogP contribution in [-0.4, -0.2) is 68.4 Å². The smallest absolute Gasteiger partial charge is 0.260 e. The Morgan fingerprint density at radius 3 is 2.60 bits per heavy atom. The van der Waals surface area contributed by atoms with Crippen molar-refractivity contribution in [3.63, 3.8) is 0 Å². The first kappa shape index (κ1) is 25.7. The predicted octanol–water partition coefficient (Wildman–Crippen LogP) is 5.42. The maximum atomic E-state index is 13.8. The lowest BCUT2D eigenvalue weighted by Crippen LogP contribution is -2.39. The van der Waals surface area contributed by atoms with Crippen LogP contribution in [0.5, 0.6) is 11.5 Å². The average Bonchev–Trinajstić information content (AvgIpc) is 3.32. The van der Waals surface area contributed by atoms with Gasteiger partial charge in [-0.2, -0.15) is 0 Å². The van der Waals surface area contributed by atoms with E-state index in [0.29, 0.717) is 47.0 Å². The van der Waals surface area contributed by atoms with Crippen LogP contribution in [0.4, 0.5) is 5.13 Å². The summed E-state index contributed by atoms with van der Waals surface area (Å²) in [5, 5.41) is 1.30. The van der Waals surface area contributed by atoms with E-state index in [2.05, 4.69) is 4.90 Å². The Morgan fingerprint density at radius 1 is 1.14 bits per heavy atom. The second-order valence-corrected chi connectivity index (χ2v) is 9.72. The number of hydrogen-bond acceptors (Lipinski definition) is 7. The molecule has 188 valence electrons. The Hall–Kier alpha value is -2.39. The first-order chi connectivity index (χ1) is 17.0. The zero-order valence-corrected chi connectivity index (χ0v) is 22.1. The van der Waals surface area contributed by atoms with Crippen molar-refractivity contribution in [2.45, 2.75) is 27.2 Å². The number of morpholine rings is 1. The third kappa shape index (κ3) is 6.06. The quantitative estimate of drug-likeness (QED) is 0.357. The zero-order valence-electron chi connectivity index (χ0n) is 20.5. The molecule has 3 aromatic rings. The molecule has 0 spiro atoms. The molecule has 0 bridgehead atoms. The zero-order chi connectivity index (χ0) is 24.8. The molecule has 0 radical (unpaired) electrons. The lowest BCUT2D eigenvalue weighted by atomic mass is 10.1. The number of anilines is 1. The number of halogens is 1. The molecule has 1 aliphatic rings. The van der Waals surface area contributed by atoms with Crippen LogP contribution in [0.3, 0.4) is 0 Å². The van der Waals surface area contributed by atoms with Crippen LogP contribution >= 0.6 is 22.9 Å². The molecule has 1 saturated heterocycles. The lowest BCUT2D eigenvalue weighted by molar-refractivity contribution is 0.0376. The Kier molecular flexibility index (Phi) is 8.83. The van der Waals surface area contributed by atoms with Gasteiger partial charge in [-0.3, -0.25) is 14.6 Å². The van der Waals surface area contributed by atoms with Gasteiger partial charge in [-0.1, -0.05) is 29.0 Å². The summed E-state index contributed by atoms with van der Waals surface area (Å²) >= 11 is 7.92. The molecule has 0 aliphatic carbocycles. The molecule has 7 nitrogen and oxygen atoms in total. The van der Waals surface area contributed by atoms with E-state index in [9.17, 15) is 4.79 Å². The topological polar surface area (TPSA) is 64.1 Å². The van der Waals surface area contributed by atoms with Gasteiger partial charge in [-0.05, 0) is 57.0 Å². The fourth-order valence-corrected chi connectivity index (χ4v) is 5.45. The van der Waals surface area contributed by atoms with Gasteiger partial charge in [0.05, 0.1) is 41.7 Å². The van der Waals surface area contributed by atoms with Crippen molar-refractivity contribution in [2.75, 3.05) is 57.5 Å². The van der Waals surface area contributed by atoms with Gasteiger partial charge in [-0.15, -0.1) is 0 Å². The number of nitrogens with zero attached hydrogens (tertiary/aromatic N) is 3. The van der Waals surface area contributed by atoms with Crippen molar-refractivity contribution in [3.8, 4) is 11.5 Å². The summed E-state index contributed by atoms with van der Waals surface area (Å²) in [7, 11) is 0. The number of aromatic nitrogens is 1. The molecule has 1 amide bonds. The van der Waals surface area contributed by atoms with Crippen LogP contribution in [0.15, 0.2) is 30.3 Å². The summed E-state index contributed by atoms with van der Waals surface area (Å²) in [5.41, 5.74) is 2.41. The summed E-state index contributed by atoms with van der Waals surface area (Å²) in [4.78, 5) is 22.8. The van der Waals surface area contributed by atoms with Gasteiger partial charge in [0.15, 0.2) is 16.6 Å². The third-order valence-corrected chi connectivity index (χ3v) is 7.45. The molecule has 1 aromatic heterocycles. The standard InChI is InChI=1S/C26H32ClN3O4S/c1-4-33-21-10-8-19(17-22(21)34-5-2)25(31)30(12-6-11-29-13-15-32-16-14-29)26-28-23-18(3)7-9-20(27)24(23)35-26/h7-10,17H,4-6,11-16H2,1-3H3. The normalized spacial score (nSPS) is 14.3. The maximum absolute atomic E-state index is 13.8. The van der Waals surface area contributed by atoms with Crippen molar-refractivity contribution < 1.29 is 19.0 Å². The highest BCUT2D eigenvalue weighted by atomic mass is 35.5. The number of carbonyl (C=O) groups excluding carboxylic acids is 1. The molecule has 0 atom stereocenters. The minimum Gasteiger partial charge on any atom is -0.490 e. The molecule has 1 aliphatic heterocycles. The first-order valence-corrected chi connectivity index (χ1v) is 13.3. The van der Waals surface area contributed by atoms with E-state index in [1.165, 1.54) is 11.3 Å². The van der Waals surface area contributed by atoms with Crippen molar-refractivity contribution in [3.05, 3.63) is 46.5 Å². The molecular formula is C26H32ClN3O4S. The van der Waals surface area contributed by atoms with Crippen LogP contribution in [-0.2, 0) is 4.74 Å². The van der Waals surface area contributed by atoms with E-state index >= 15 is 0 Å². The largest absolute Gasteiger partial charge is 0.490 e. The summed E-state index contributed by atoms with van der Waals surface area (Å²) < 4.78 is 17.8. The van der Waals surface area contributed by atoms with Gasteiger partial charge in [0.2, 0.25) is 0 Å². The predicted molar refractivity (Wildman–Crippen MR) is 142 cm³/mol. The van der Waals surface area contributed by atoms with Gasteiger partial charge >= 0.3 is 0 Å². The number of ether oxygens (including phenoxy) is 3. The monoisotopic (exact) mass is 517 g/mol. The van der Waals surface area contributed by atoms with Gasteiger partial charge < -0.3 is 14.2 Å². The molecule has 9 heteroatoms. The summed E-state index contributed by atoms with van der Waals surface area (Å²) in [6, 6.07) is 9.19. The van der Waals surface area contributed by atoms with E-state index < -0.39 is 0 Å². The van der Waals surface area contributed by atoms with Crippen LogP contribution in [0.25, 0.3) is 10.2 Å². The fraction of sp³-hybridized carbons (Fsp3) is 0.462. The summed E-state index contributed by atoms with van der Waals surface area (Å²) in [6.07, 6.45) is 0.823. The molecule has 0 unspecified atom stereocenters. The van der Waals surface area contributed by atoms with Gasteiger partial charge in [0, 0.05) is 31.7 Å². The number of benzene rings is 2. The number of fused-ring (bicyclic) bond motifs is 1. The molecule has 1 fully saturated rings. The van der Waals surface area contributed by atoms with E-state index in [0.717, 1.165) is 55.0 Å². The van der Waals surface area contributed by atoms with E-state index in [-0.39, 0.29) is 5.91 Å². The second-order valence-electron chi connectivity index (χ2n) is 8.33. The molecule has 0 N–H and O–H groups in total. The minimum absolute atomic E-state index is 0.121. The minimum atomic E-state index is -0.121. The Bertz CT molecular complexity index is 1120. The van der Waals surface area contributed by atoms with Crippen molar-refractivity contribution in [2.24, 2.45) is 0 Å². The number of amides is 1.